The lowest BCUT2D eigenvalue weighted by Crippen LogP contribution is -2.24. The molecular formula is C14H9F3O5. The quantitative estimate of drug-likeness (QED) is 0.757. The fourth-order valence-electron chi connectivity index (χ4n) is 2.50. The van der Waals surface area contributed by atoms with Crippen molar-refractivity contribution in [1.29, 1.82) is 0 Å². The van der Waals surface area contributed by atoms with E-state index in [1.807, 2.05) is 0 Å². The summed E-state index contributed by atoms with van der Waals surface area (Å²) in [7, 11) is 0. The highest BCUT2D eigenvalue weighted by Crippen LogP contribution is 2.44. The molecule has 8 heteroatoms. The lowest BCUT2D eigenvalue weighted by molar-refractivity contribution is -0.136. The first-order valence-corrected chi connectivity index (χ1v) is 6.29. The minimum absolute atomic E-state index is 0.0653. The SMILES string of the molecule is CC1CC(=O)c2c(cc3oc(=O)cc(C(F)(F)F)c3c2O)O1. The second-order valence-corrected chi connectivity index (χ2v) is 5.00. The Bertz CT molecular complexity index is 850. The first-order chi connectivity index (χ1) is 10.2. The molecule has 0 amide bonds. The van der Waals surface area contributed by atoms with Crippen molar-refractivity contribution in [3.8, 4) is 11.5 Å². The Kier molecular flexibility index (Phi) is 2.95. The summed E-state index contributed by atoms with van der Waals surface area (Å²) in [5, 5.41) is 9.40. The predicted octanol–water partition coefficient (Wildman–Crippen LogP) is 2.87. The van der Waals surface area contributed by atoms with E-state index in [0.29, 0.717) is 0 Å². The van der Waals surface area contributed by atoms with Gasteiger partial charge in [0.1, 0.15) is 28.7 Å². The van der Waals surface area contributed by atoms with Crippen LogP contribution >= 0.6 is 0 Å². The summed E-state index contributed by atoms with van der Waals surface area (Å²) in [5.41, 5.74) is -3.39. The molecule has 1 aliphatic heterocycles. The normalized spacial score (nSPS) is 18.2. The van der Waals surface area contributed by atoms with Gasteiger partial charge in [-0.05, 0) is 6.92 Å². The number of aromatic hydroxyl groups is 1. The first kappa shape index (κ1) is 14.4. The summed E-state index contributed by atoms with van der Waals surface area (Å²) in [5.74, 6) is -1.52. The third kappa shape index (κ3) is 2.11. The molecule has 1 atom stereocenters. The molecule has 1 N–H and O–H groups in total. The van der Waals surface area contributed by atoms with Crippen LogP contribution in [0.15, 0.2) is 21.3 Å². The summed E-state index contributed by atoms with van der Waals surface area (Å²) in [6, 6.07) is 1.26. The van der Waals surface area contributed by atoms with Crippen molar-refractivity contribution < 1.29 is 32.2 Å². The number of ketones is 1. The minimum atomic E-state index is -4.88. The Morgan fingerprint density at radius 1 is 1.27 bits per heavy atom. The Morgan fingerprint density at radius 2 is 1.95 bits per heavy atom. The second kappa shape index (κ2) is 4.49. The lowest BCUT2D eigenvalue weighted by Gasteiger charge is -2.24. The molecule has 22 heavy (non-hydrogen) atoms. The number of alkyl halides is 3. The van der Waals surface area contributed by atoms with Crippen molar-refractivity contribution in [2.24, 2.45) is 0 Å². The van der Waals surface area contributed by atoms with Gasteiger partial charge in [-0.25, -0.2) is 4.79 Å². The number of fused-ring (bicyclic) bond motifs is 2. The number of halogens is 3. The molecule has 5 nitrogen and oxygen atoms in total. The molecule has 0 fully saturated rings. The van der Waals surface area contributed by atoms with Crippen molar-refractivity contribution in [2.45, 2.75) is 25.6 Å². The number of carbonyl (C=O) groups is 1. The van der Waals surface area contributed by atoms with E-state index in [2.05, 4.69) is 0 Å². The minimum Gasteiger partial charge on any atom is -0.506 e. The zero-order valence-electron chi connectivity index (χ0n) is 11.2. The van der Waals surface area contributed by atoms with Crippen molar-refractivity contribution in [3.63, 3.8) is 0 Å². The molecule has 116 valence electrons. The zero-order chi connectivity index (χ0) is 16.2. The van der Waals surface area contributed by atoms with Gasteiger partial charge in [0.25, 0.3) is 0 Å². The molecule has 1 aromatic carbocycles. The van der Waals surface area contributed by atoms with Gasteiger partial charge in [-0.1, -0.05) is 0 Å². The number of hydrogen-bond donors (Lipinski definition) is 1. The number of phenols is 1. The Hall–Kier alpha value is -2.51. The highest BCUT2D eigenvalue weighted by atomic mass is 19.4. The molecular weight excluding hydrogens is 305 g/mol. The summed E-state index contributed by atoms with van der Waals surface area (Å²) in [6.45, 7) is 1.60. The monoisotopic (exact) mass is 314 g/mol. The van der Waals surface area contributed by atoms with E-state index in [4.69, 9.17) is 9.15 Å². The van der Waals surface area contributed by atoms with Crippen LogP contribution in [0, 0.1) is 0 Å². The van der Waals surface area contributed by atoms with Gasteiger partial charge in [0, 0.05) is 18.6 Å². The van der Waals surface area contributed by atoms with Crippen LogP contribution in [-0.4, -0.2) is 17.0 Å². The molecule has 2 aromatic rings. The van der Waals surface area contributed by atoms with Gasteiger partial charge >= 0.3 is 11.8 Å². The fourth-order valence-corrected chi connectivity index (χ4v) is 2.50. The molecule has 0 bridgehead atoms. The fraction of sp³-hybridized carbons (Fsp3) is 0.286. The van der Waals surface area contributed by atoms with Gasteiger partial charge in [-0.15, -0.1) is 0 Å². The van der Waals surface area contributed by atoms with E-state index in [1.54, 1.807) is 6.92 Å². The van der Waals surface area contributed by atoms with E-state index in [0.717, 1.165) is 6.07 Å². The molecule has 0 radical (unpaired) electrons. The molecule has 2 heterocycles. The zero-order valence-corrected chi connectivity index (χ0v) is 11.2. The maximum atomic E-state index is 13.1. The number of phenolic OH excluding ortho intramolecular Hbond substituents is 1. The maximum absolute atomic E-state index is 13.1. The number of hydrogen-bond acceptors (Lipinski definition) is 5. The van der Waals surface area contributed by atoms with Gasteiger partial charge in [0.05, 0.1) is 10.9 Å². The van der Waals surface area contributed by atoms with Gasteiger partial charge in [-0.3, -0.25) is 4.79 Å². The number of rotatable bonds is 0. The Balaban J connectivity index is 2.45. The summed E-state index contributed by atoms with van der Waals surface area (Å²) in [6.07, 6.45) is -5.44. The van der Waals surface area contributed by atoms with E-state index < -0.39 is 46.0 Å². The summed E-state index contributed by atoms with van der Waals surface area (Å²) in [4.78, 5) is 23.3. The van der Waals surface area contributed by atoms with Crippen LogP contribution in [0.4, 0.5) is 13.2 Å². The van der Waals surface area contributed by atoms with Crippen LogP contribution in [0.2, 0.25) is 0 Å². The van der Waals surface area contributed by atoms with Crippen LogP contribution < -0.4 is 10.4 Å². The van der Waals surface area contributed by atoms with Crippen molar-refractivity contribution in [2.75, 3.05) is 0 Å². The number of Topliss-reactive ketones (excluding diaryl/α,β-unsaturated/α-hetero) is 1. The van der Waals surface area contributed by atoms with E-state index >= 15 is 0 Å². The van der Waals surface area contributed by atoms with Gasteiger partial charge in [-0.2, -0.15) is 13.2 Å². The van der Waals surface area contributed by atoms with Crippen LogP contribution in [0.5, 0.6) is 11.5 Å². The van der Waals surface area contributed by atoms with E-state index in [-0.39, 0.29) is 23.8 Å². The average molecular weight is 314 g/mol. The topological polar surface area (TPSA) is 76.7 Å². The molecule has 0 aliphatic carbocycles. The Morgan fingerprint density at radius 3 is 2.59 bits per heavy atom. The Labute approximate surface area is 120 Å². The van der Waals surface area contributed by atoms with Crippen molar-refractivity contribution >= 4 is 16.8 Å². The van der Waals surface area contributed by atoms with Gasteiger partial charge in [0.15, 0.2) is 5.78 Å². The molecule has 0 saturated heterocycles. The van der Waals surface area contributed by atoms with Crippen molar-refractivity contribution in [1.82, 2.24) is 0 Å². The summed E-state index contributed by atoms with van der Waals surface area (Å²) >= 11 is 0. The van der Waals surface area contributed by atoms with Crippen molar-refractivity contribution in [3.05, 3.63) is 33.7 Å². The largest absolute Gasteiger partial charge is 0.506 e. The van der Waals surface area contributed by atoms with Crippen LogP contribution in [0.25, 0.3) is 11.0 Å². The van der Waals surface area contributed by atoms with E-state index in [9.17, 15) is 27.9 Å². The molecule has 3 rings (SSSR count). The van der Waals surface area contributed by atoms with Crippen LogP contribution in [0.3, 0.4) is 0 Å². The molecule has 1 unspecified atom stereocenters. The van der Waals surface area contributed by atoms with Crippen LogP contribution in [0.1, 0.15) is 29.3 Å². The lowest BCUT2D eigenvalue weighted by atomic mass is 9.96. The summed E-state index contributed by atoms with van der Waals surface area (Å²) < 4.78 is 49.2. The highest BCUT2D eigenvalue weighted by Gasteiger charge is 2.37. The van der Waals surface area contributed by atoms with Gasteiger partial charge < -0.3 is 14.3 Å². The third-order valence-corrected chi connectivity index (χ3v) is 3.36. The highest BCUT2D eigenvalue weighted by molar-refractivity contribution is 6.08. The number of carbonyl (C=O) groups excluding carboxylic acids is 1. The average Bonchev–Trinajstić information content (AvgIpc) is 2.35. The number of benzene rings is 1. The standard InChI is InChI=1S/C14H9F3O5/c1-5-2-7(18)12-9(21-5)4-8-11(13(12)20)6(14(15,16)17)3-10(19)22-8/h3-5,20H,2H2,1H3. The molecule has 0 saturated carbocycles. The van der Waals surface area contributed by atoms with Gasteiger partial charge in [0.2, 0.25) is 0 Å². The first-order valence-electron chi connectivity index (χ1n) is 6.29. The smallest absolute Gasteiger partial charge is 0.417 e. The van der Waals surface area contributed by atoms with E-state index in [1.165, 1.54) is 0 Å². The second-order valence-electron chi connectivity index (χ2n) is 5.00. The molecule has 1 aromatic heterocycles. The predicted molar refractivity (Wildman–Crippen MR) is 68.2 cm³/mol. The van der Waals surface area contributed by atoms with Crippen LogP contribution in [-0.2, 0) is 6.18 Å². The third-order valence-electron chi connectivity index (χ3n) is 3.36. The number of ether oxygens (including phenoxy) is 1. The molecule has 0 spiro atoms. The maximum Gasteiger partial charge on any atom is 0.417 e. The molecule has 1 aliphatic rings.